The molecule has 1 rings (SSSR count). The Labute approximate surface area is 508 Å². The van der Waals surface area contributed by atoms with Gasteiger partial charge < -0.3 is 40.3 Å². The van der Waals surface area contributed by atoms with Crippen LogP contribution in [0.2, 0.25) is 0 Å². The van der Waals surface area contributed by atoms with Gasteiger partial charge in [-0.3, -0.25) is 4.79 Å². The van der Waals surface area contributed by atoms with Crippen molar-refractivity contribution < 1.29 is 39.8 Å². The lowest BCUT2D eigenvalue weighted by molar-refractivity contribution is -0.302. The van der Waals surface area contributed by atoms with Crippen LogP contribution in [0.5, 0.6) is 0 Å². The molecule has 1 aliphatic heterocycles. The zero-order valence-corrected chi connectivity index (χ0v) is 52.6. The van der Waals surface area contributed by atoms with E-state index in [1.54, 1.807) is 6.08 Å². The van der Waals surface area contributed by atoms with Crippen molar-refractivity contribution >= 4 is 5.91 Å². The largest absolute Gasteiger partial charge is 0.394 e. The maximum Gasteiger partial charge on any atom is 0.220 e. The Balaban J connectivity index is 2.23. The van der Waals surface area contributed by atoms with Gasteiger partial charge in [0.2, 0.25) is 5.91 Å². The molecular formula is C74H123NO8. The second-order valence-corrected chi connectivity index (χ2v) is 22.5. The second kappa shape index (κ2) is 61.2. The van der Waals surface area contributed by atoms with E-state index >= 15 is 0 Å². The zero-order chi connectivity index (χ0) is 60.0. The molecule has 1 fully saturated rings. The smallest absolute Gasteiger partial charge is 0.220 e. The molecule has 0 aromatic rings. The Morgan fingerprint density at radius 3 is 1.11 bits per heavy atom. The summed E-state index contributed by atoms with van der Waals surface area (Å²) in [4.78, 5) is 13.1. The first-order valence-electron chi connectivity index (χ1n) is 33.6. The van der Waals surface area contributed by atoms with Gasteiger partial charge in [0, 0.05) is 6.42 Å². The molecule has 9 heteroatoms. The molecule has 0 aromatic heterocycles. The number of amides is 1. The topological polar surface area (TPSA) is 149 Å². The van der Waals surface area contributed by atoms with Crippen LogP contribution in [0.4, 0.5) is 0 Å². The molecule has 1 saturated heterocycles. The van der Waals surface area contributed by atoms with Crippen molar-refractivity contribution in [2.75, 3.05) is 13.2 Å². The second-order valence-electron chi connectivity index (χ2n) is 22.5. The molecule has 7 atom stereocenters. The van der Waals surface area contributed by atoms with Crippen molar-refractivity contribution in [2.24, 2.45) is 0 Å². The van der Waals surface area contributed by atoms with E-state index in [1.165, 1.54) is 122 Å². The number of nitrogens with one attached hydrogen (secondary N) is 1. The van der Waals surface area contributed by atoms with E-state index in [2.05, 4.69) is 153 Å². The van der Waals surface area contributed by atoms with Crippen LogP contribution in [-0.2, 0) is 14.3 Å². The van der Waals surface area contributed by atoms with E-state index < -0.39 is 49.5 Å². The minimum Gasteiger partial charge on any atom is -0.394 e. The van der Waals surface area contributed by atoms with Gasteiger partial charge >= 0.3 is 0 Å². The number of carbonyl (C=O) groups excluding carboxylic acids is 1. The van der Waals surface area contributed by atoms with Gasteiger partial charge in [-0.15, -0.1) is 0 Å². The molecule has 472 valence electrons. The SMILES string of the molecule is CC/C=C\C/C=C\C/C=C\C/C=C\C/C=C\C/C=C\C/C=C\C/C=C\C/C=C\C/C=C\C/C=C\CCCCCC(=O)NC(COC1OC(CO)C(O)C(O)C1O)C(O)/C=C/CCCCCCCCCCCCCCCCCCCCCCC. The van der Waals surface area contributed by atoms with E-state index in [-0.39, 0.29) is 12.5 Å². The van der Waals surface area contributed by atoms with Crippen molar-refractivity contribution in [3.63, 3.8) is 0 Å². The van der Waals surface area contributed by atoms with Crippen molar-refractivity contribution in [2.45, 2.75) is 301 Å². The number of carbonyl (C=O) groups is 1. The highest BCUT2D eigenvalue weighted by molar-refractivity contribution is 5.76. The molecule has 83 heavy (non-hydrogen) atoms. The number of unbranched alkanes of at least 4 members (excludes halogenated alkanes) is 24. The first-order valence-corrected chi connectivity index (χ1v) is 33.6. The molecule has 9 nitrogen and oxygen atoms in total. The van der Waals surface area contributed by atoms with Gasteiger partial charge in [0.05, 0.1) is 25.4 Å². The van der Waals surface area contributed by atoms with Gasteiger partial charge in [0.1, 0.15) is 24.4 Å². The summed E-state index contributed by atoms with van der Waals surface area (Å²) < 4.78 is 11.3. The Hall–Kier alpha value is -3.93. The number of hydrogen-bond acceptors (Lipinski definition) is 8. The summed E-state index contributed by atoms with van der Waals surface area (Å²) in [6.45, 7) is 3.66. The third-order valence-corrected chi connectivity index (χ3v) is 14.9. The number of aliphatic hydroxyl groups excluding tert-OH is 5. The fraction of sp³-hybridized carbons (Fsp3) is 0.662. The number of ether oxygens (including phenoxy) is 2. The standard InChI is InChI=1S/C74H123NO8/c1-3-5-7-9-11-13-15-17-19-21-23-25-27-28-29-30-31-32-33-34-35-36-37-38-39-40-42-44-46-48-50-52-54-56-58-60-62-64-70(78)75-67(66-82-74-73(81)72(80)71(79)69(65-76)83-74)68(77)63-61-59-57-55-53-51-49-47-45-43-41-26-24-22-20-18-16-14-12-10-8-6-4-2/h5,7,11,13,17,19,23,25,28-29,31-32,34-35,37-38,40,42,46,48,52,54,61,63,67-69,71-74,76-77,79-81H,3-4,6,8-10,12,14-16,18,20-22,24,26-27,30,33,36,39,41,43-45,47,49-51,53,55-60,62,64-66H2,1-2H3,(H,75,78)/b7-5-,13-11-,19-17-,25-23-,29-28-,32-31-,35-34-,38-37-,42-40-,48-46-,54-52-,63-61+. The van der Waals surface area contributed by atoms with Crippen LogP contribution in [0.1, 0.15) is 258 Å². The number of hydrogen-bond donors (Lipinski definition) is 6. The van der Waals surface area contributed by atoms with Crippen LogP contribution < -0.4 is 5.32 Å². The molecule has 7 unspecified atom stereocenters. The Morgan fingerprint density at radius 1 is 0.422 bits per heavy atom. The lowest BCUT2D eigenvalue weighted by Gasteiger charge is -2.40. The third kappa shape index (κ3) is 50.0. The predicted molar refractivity (Wildman–Crippen MR) is 354 cm³/mol. The van der Waals surface area contributed by atoms with Crippen molar-refractivity contribution in [3.05, 3.63) is 146 Å². The third-order valence-electron chi connectivity index (χ3n) is 14.9. The van der Waals surface area contributed by atoms with Gasteiger partial charge in [-0.1, -0.05) is 295 Å². The summed E-state index contributed by atoms with van der Waals surface area (Å²) in [5, 5.41) is 54.7. The van der Waals surface area contributed by atoms with E-state index in [9.17, 15) is 30.3 Å². The summed E-state index contributed by atoms with van der Waals surface area (Å²) in [5.74, 6) is -0.212. The highest BCUT2D eigenvalue weighted by atomic mass is 16.7. The number of allylic oxidation sites excluding steroid dienone is 23. The Bertz CT molecular complexity index is 1820. The van der Waals surface area contributed by atoms with Crippen LogP contribution >= 0.6 is 0 Å². The van der Waals surface area contributed by atoms with Crippen LogP contribution in [0.25, 0.3) is 0 Å². The monoisotopic (exact) mass is 1150 g/mol. The fourth-order valence-electron chi connectivity index (χ4n) is 9.69. The van der Waals surface area contributed by atoms with Crippen LogP contribution in [0.3, 0.4) is 0 Å². The number of aliphatic hydroxyl groups is 5. The van der Waals surface area contributed by atoms with Crippen molar-refractivity contribution in [1.29, 1.82) is 0 Å². The van der Waals surface area contributed by atoms with Crippen LogP contribution in [0.15, 0.2) is 146 Å². The lowest BCUT2D eigenvalue weighted by Crippen LogP contribution is -2.60. The Morgan fingerprint density at radius 2 is 0.747 bits per heavy atom. The maximum absolute atomic E-state index is 13.1. The average molecular weight is 1150 g/mol. The van der Waals surface area contributed by atoms with E-state index in [0.29, 0.717) is 12.8 Å². The average Bonchev–Trinajstić information content (AvgIpc) is 3.60. The number of rotatable bonds is 56. The first-order chi connectivity index (χ1) is 40.8. The molecule has 1 amide bonds. The molecule has 0 aromatic carbocycles. The maximum atomic E-state index is 13.1. The minimum absolute atomic E-state index is 0.210. The molecule has 0 radical (unpaired) electrons. The van der Waals surface area contributed by atoms with Gasteiger partial charge in [-0.2, -0.15) is 0 Å². The highest BCUT2D eigenvalue weighted by Gasteiger charge is 2.44. The van der Waals surface area contributed by atoms with Gasteiger partial charge in [-0.25, -0.2) is 0 Å². The van der Waals surface area contributed by atoms with E-state index in [1.807, 2.05) is 6.08 Å². The van der Waals surface area contributed by atoms with E-state index in [0.717, 1.165) is 109 Å². The fourth-order valence-corrected chi connectivity index (χ4v) is 9.69. The first kappa shape index (κ1) is 77.1. The summed E-state index contributed by atoms with van der Waals surface area (Å²) >= 11 is 0. The van der Waals surface area contributed by atoms with Crippen molar-refractivity contribution in [1.82, 2.24) is 5.32 Å². The molecule has 0 spiro atoms. The lowest BCUT2D eigenvalue weighted by atomic mass is 9.99. The quantitative estimate of drug-likeness (QED) is 0.0261. The van der Waals surface area contributed by atoms with Gasteiger partial charge in [0.15, 0.2) is 6.29 Å². The van der Waals surface area contributed by atoms with Crippen LogP contribution in [0, 0.1) is 0 Å². The van der Waals surface area contributed by atoms with E-state index in [4.69, 9.17) is 9.47 Å². The Kier molecular flexibility index (Phi) is 56.8. The van der Waals surface area contributed by atoms with Crippen molar-refractivity contribution in [3.8, 4) is 0 Å². The highest BCUT2D eigenvalue weighted by Crippen LogP contribution is 2.23. The van der Waals surface area contributed by atoms with Crippen LogP contribution in [-0.4, -0.2) is 87.5 Å². The molecule has 0 bridgehead atoms. The van der Waals surface area contributed by atoms with Gasteiger partial charge in [0.25, 0.3) is 0 Å². The molecule has 0 aliphatic carbocycles. The summed E-state index contributed by atoms with van der Waals surface area (Å²) in [7, 11) is 0. The molecule has 1 aliphatic rings. The van der Waals surface area contributed by atoms with Gasteiger partial charge in [-0.05, 0) is 103 Å². The summed E-state index contributed by atoms with van der Waals surface area (Å²) in [6.07, 6.45) is 87.8. The minimum atomic E-state index is -1.58. The molecule has 0 saturated carbocycles. The predicted octanol–water partition coefficient (Wildman–Crippen LogP) is 18.2. The summed E-state index contributed by atoms with van der Waals surface area (Å²) in [5.41, 5.74) is 0. The zero-order valence-electron chi connectivity index (χ0n) is 52.6. The molecule has 6 N–H and O–H groups in total. The molecule has 1 heterocycles. The molecular weight excluding hydrogens is 1030 g/mol. The normalized spacial score (nSPS) is 19.2. The summed E-state index contributed by atoms with van der Waals surface area (Å²) in [6, 6.07) is -0.835.